The molecule has 6 nitrogen and oxygen atoms in total. The van der Waals surface area contributed by atoms with E-state index in [0.717, 1.165) is 26.9 Å². The van der Waals surface area contributed by atoms with E-state index < -0.39 is 0 Å². The number of anilines is 2. The highest BCUT2D eigenvalue weighted by Crippen LogP contribution is 2.48. The van der Waals surface area contributed by atoms with Gasteiger partial charge in [-0.05, 0) is 36.4 Å². The van der Waals surface area contributed by atoms with E-state index in [9.17, 15) is 4.79 Å². The monoisotopic (exact) mass is 446 g/mol. The molecule has 0 bridgehead atoms. The van der Waals surface area contributed by atoms with Gasteiger partial charge < -0.3 is 4.74 Å². The fourth-order valence-corrected chi connectivity index (χ4v) is 4.96. The lowest BCUT2D eigenvalue weighted by Crippen LogP contribution is -2.30. The van der Waals surface area contributed by atoms with Crippen LogP contribution in [0.15, 0.2) is 93.8 Å². The van der Waals surface area contributed by atoms with Crippen molar-refractivity contribution in [1.82, 2.24) is 15.2 Å². The van der Waals surface area contributed by atoms with Crippen LogP contribution in [0.3, 0.4) is 0 Å². The molecule has 0 unspecified atom stereocenters. The Bertz CT molecular complexity index is 1170. The van der Waals surface area contributed by atoms with Crippen LogP contribution in [-0.2, 0) is 11.4 Å². The normalized spacial score (nSPS) is 12.2. The van der Waals surface area contributed by atoms with Crippen molar-refractivity contribution in [2.24, 2.45) is 0 Å². The third-order valence-corrected chi connectivity index (χ3v) is 6.60. The molecule has 0 radical (unpaired) electrons. The molecule has 8 heteroatoms. The fourth-order valence-electron chi connectivity index (χ4n) is 3.24. The van der Waals surface area contributed by atoms with Gasteiger partial charge in [0.2, 0.25) is 11.1 Å². The summed E-state index contributed by atoms with van der Waals surface area (Å²) >= 11 is 2.99. The van der Waals surface area contributed by atoms with Crippen molar-refractivity contribution in [2.75, 3.05) is 10.7 Å². The molecule has 2 heterocycles. The van der Waals surface area contributed by atoms with Gasteiger partial charge in [-0.15, -0.1) is 5.10 Å². The fraction of sp³-hybridized carbons (Fsp3) is 0.0870. The average Bonchev–Trinajstić information content (AvgIpc) is 3.28. The number of rotatable bonds is 6. The number of carbonyl (C=O) groups is 1. The lowest BCUT2D eigenvalue weighted by atomic mass is 10.2. The number of nitrogens with zero attached hydrogens (tertiary/aromatic N) is 3. The van der Waals surface area contributed by atoms with Crippen LogP contribution in [0, 0.1) is 0 Å². The molecule has 154 valence electrons. The largest absolute Gasteiger partial charge is 0.486 e. The van der Waals surface area contributed by atoms with Crippen molar-refractivity contribution in [3.8, 4) is 5.75 Å². The maximum Gasteiger partial charge on any atom is 0.242 e. The molecule has 1 aromatic heterocycles. The Kier molecular flexibility index (Phi) is 5.64. The van der Waals surface area contributed by atoms with Gasteiger partial charge in [-0.3, -0.25) is 14.8 Å². The third kappa shape index (κ3) is 4.30. The summed E-state index contributed by atoms with van der Waals surface area (Å²) < 4.78 is 5.68. The van der Waals surface area contributed by atoms with Gasteiger partial charge in [0.25, 0.3) is 0 Å². The van der Waals surface area contributed by atoms with Crippen molar-refractivity contribution in [2.45, 2.75) is 21.6 Å². The van der Waals surface area contributed by atoms with E-state index >= 15 is 0 Å². The first-order chi connectivity index (χ1) is 15.3. The van der Waals surface area contributed by atoms with Crippen molar-refractivity contribution < 1.29 is 9.53 Å². The van der Waals surface area contributed by atoms with Crippen LogP contribution in [0.2, 0.25) is 0 Å². The van der Waals surface area contributed by atoms with Crippen LogP contribution >= 0.6 is 23.5 Å². The number of aromatic nitrogens is 3. The summed E-state index contributed by atoms with van der Waals surface area (Å²) in [7, 11) is 0. The molecule has 5 rings (SSSR count). The number of nitrogens with one attached hydrogen (secondary N) is 1. The molecule has 0 saturated carbocycles. The molecule has 3 aromatic carbocycles. The second kappa shape index (κ2) is 8.87. The summed E-state index contributed by atoms with van der Waals surface area (Å²) in [5.74, 6) is 1.59. The zero-order chi connectivity index (χ0) is 21.0. The third-order valence-electron chi connectivity index (χ3n) is 4.64. The molecular weight excluding hydrogens is 428 g/mol. The molecule has 1 aliphatic heterocycles. The van der Waals surface area contributed by atoms with Gasteiger partial charge in [-0.25, -0.2) is 4.98 Å². The lowest BCUT2D eigenvalue weighted by molar-refractivity contribution is -0.115. The van der Waals surface area contributed by atoms with E-state index in [1.54, 1.807) is 16.7 Å². The van der Waals surface area contributed by atoms with Crippen LogP contribution in [0.1, 0.15) is 5.82 Å². The highest BCUT2D eigenvalue weighted by Gasteiger charge is 2.27. The first kappa shape index (κ1) is 19.7. The van der Waals surface area contributed by atoms with Crippen LogP contribution in [0.4, 0.5) is 11.4 Å². The molecule has 1 amide bonds. The zero-order valence-electron chi connectivity index (χ0n) is 16.4. The number of carbonyl (C=O) groups excluding carboxylic acids is 1. The Labute approximate surface area is 188 Å². The number of ether oxygens (including phenoxy) is 1. The van der Waals surface area contributed by atoms with Gasteiger partial charge in [0.15, 0.2) is 5.82 Å². The van der Waals surface area contributed by atoms with Gasteiger partial charge in [0, 0.05) is 9.79 Å². The van der Waals surface area contributed by atoms with Gasteiger partial charge in [-0.1, -0.05) is 66.0 Å². The summed E-state index contributed by atoms with van der Waals surface area (Å²) in [5, 5.41) is 7.60. The first-order valence-corrected chi connectivity index (χ1v) is 11.5. The van der Waals surface area contributed by atoms with E-state index in [0.29, 0.717) is 11.0 Å². The van der Waals surface area contributed by atoms with Gasteiger partial charge in [0.1, 0.15) is 12.4 Å². The molecule has 1 aliphatic rings. The predicted octanol–water partition coefficient (Wildman–Crippen LogP) is 5.31. The van der Waals surface area contributed by atoms with Crippen LogP contribution in [0.25, 0.3) is 0 Å². The molecule has 0 atom stereocenters. The Balaban J connectivity index is 1.27. The van der Waals surface area contributed by atoms with E-state index in [1.807, 2.05) is 78.9 Å². The molecule has 1 N–H and O–H groups in total. The van der Waals surface area contributed by atoms with Crippen molar-refractivity contribution in [1.29, 1.82) is 0 Å². The van der Waals surface area contributed by atoms with Crippen LogP contribution < -0.4 is 9.64 Å². The summed E-state index contributed by atoms with van der Waals surface area (Å²) in [6.45, 7) is 0.287. The first-order valence-electron chi connectivity index (χ1n) is 9.69. The summed E-state index contributed by atoms with van der Waals surface area (Å²) in [5.41, 5.74) is 1.81. The molecule has 31 heavy (non-hydrogen) atoms. The quantitative estimate of drug-likeness (QED) is 0.405. The molecule has 4 aromatic rings. The lowest BCUT2D eigenvalue weighted by Gasteiger charge is -2.30. The number of fused-ring (bicyclic) bond motifs is 2. The highest BCUT2D eigenvalue weighted by molar-refractivity contribution is 8.00. The minimum Gasteiger partial charge on any atom is -0.486 e. The summed E-state index contributed by atoms with van der Waals surface area (Å²) in [4.78, 5) is 21.6. The van der Waals surface area contributed by atoms with Gasteiger partial charge >= 0.3 is 0 Å². The maximum atomic E-state index is 13.2. The zero-order valence-corrected chi connectivity index (χ0v) is 18.0. The number of para-hydroxylation sites is 3. The van der Waals surface area contributed by atoms with Crippen molar-refractivity contribution >= 4 is 40.8 Å². The predicted molar refractivity (Wildman–Crippen MR) is 122 cm³/mol. The Morgan fingerprint density at radius 2 is 1.58 bits per heavy atom. The van der Waals surface area contributed by atoms with Crippen LogP contribution in [0.5, 0.6) is 5.75 Å². The number of thioether (sulfide) groups is 1. The standard InChI is InChI=1S/C23H18N4O2S2/c28-22(15-30-23-24-21(25-26-23)14-29-16-8-2-1-3-9-16)27-17-10-4-6-12-19(17)31-20-13-7-5-11-18(20)27/h1-13H,14-15H2,(H,24,25,26). The number of aromatic amines is 1. The van der Waals surface area contributed by atoms with E-state index in [1.165, 1.54) is 11.8 Å². The number of H-pyrrole nitrogens is 1. The number of hydrogen-bond acceptors (Lipinski definition) is 6. The Hall–Kier alpha value is -3.23. The summed E-state index contributed by atoms with van der Waals surface area (Å²) in [6.07, 6.45) is 0. The summed E-state index contributed by atoms with van der Waals surface area (Å²) in [6, 6.07) is 25.5. The highest BCUT2D eigenvalue weighted by atomic mass is 32.2. The number of benzene rings is 3. The van der Waals surface area contributed by atoms with E-state index in [-0.39, 0.29) is 18.3 Å². The number of amides is 1. The topological polar surface area (TPSA) is 71.1 Å². The minimum absolute atomic E-state index is 0.0166. The smallest absolute Gasteiger partial charge is 0.242 e. The second-order valence-corrected chi connectivity index (χ2v) is 8.75. The van der Waals surface area contributed by atoms with Crippen molar-refractivity contribution in [3.63, 3.8) is 0 Å². The van der Waals surface area contributed by atoms with Crippen molar-refractivity contribution in [3.05, 3.63) is 84.7 Å². The molecule has 0 fully saturated rings. The number of hydrogen-bond donors (Lipinski definition) is 1. The van der Waals surface area contributed by atoms with E-state index in [2.05, 4.69) is 15.2 Å². The van der Waals surface area contributed by atoms with Gasteiger partial charge in [-0.2, -0.15) is 0 Å². The Morgan fingerprint density at radius 1 is 0.935 bits per heavy atom. The molecule has 0 aliphatic carbocycles. The SMILES string of the molecule is O=C(CSc1n[nH]c(COc2ccccc2)n1)N1c2ccccc2Sc2ccccc21. The Morgan fingerprint density at radius 3 is 2.29 bits per heavy atom. The minimum atomic E-state index is -0.0166. The second-order valence-electron chi connectivity index (χ2n) is 6.72. The van der Waals surface area contributed by atoms with Gasteiger partial charge in [0.05, 0.1) is 17.1 Å². The van der Waals surface area contributed by atoms with E-state index in [4.69, 9.17) is 4.74 Å². The molecule has 0 saturated heterocycles. The maximum absolute atomic E-state index is 13.2. The molecular formula is C23H18N4O2S2. The molecule has 0 spiro atoms. The average molecular weight is 447 g/mol. The van der Waals surface area contributed by atoms with Crippen LogP contribution in [-0.4, -0.2) is 26.8 Å².